The number of carbonyl (C=O) groups excluding carboxylic acids is 2. The highest BCUT2D eigenvalue weighted by atomic mass is 32.1. The van der Waals surface area contributed by atoms with Crippen molar-refractivity contribution in [1.29, 1.82) is 0 Å². The van der Waals surface area contributed by atoms with E-state index in [-0.39, 0.29) is 24.5 Å². The largest absolute Gasteiger partial charge is 0.493 e. The van der Waals surface area contributed by atoms with Crippen LogP contribution in [0.3, 0.4) is 0 Å². The van der Waals surface area contributed by atoms with Crippen LogP contribution in [0, 0.1) is 6.92 Å². The van der Waals surface area contributed by atoms with Gasteiger partial charge in [0.25, 0.3) is 0 Å². The van der Waals surface area contributed by atoms with E-state index in [9.17, 15) is 9.59 Å². The van der Waals surface area contributed by atoms with Crippen molar-refractivity contribution in [2.45, 2.75) is 26.4 Å². The van der Waals surface area contributed by atoms with E-state index in [1.165, 1.54) is 12.0 Å². The van der Waals surface area contributed by atoms with Gasteiger partial charge >= 0.3 is 5.97 Å². The van der Waals surface area contributed by atoms with E-state index in [0.29, 0.717) is 30.4 Å². The fourth-order valence-corrected chi connectivity index (χ4v) is 5.29. The maximum atomic E-state index is 11.4. The van der Waals surface area contributed by atoms with Gasteiger partial charge < -0.3 is 35.5 Å². The molecule has 43 heavy (non-hydrogen) atoms. The molecule has 0 spiro atoms. The number of rotatable bonds is 12. The zero-order chi connectivity index (χ0) is 31.4. The number of benzene rings is 2. The third-order valence-electron chi connectivity index (χ3n) is 6.43. The summed E-state index contributed by atoms with van der Waals surface area (Å²) in [5.41, 5.74) is 3.04. The van der Waals surface area contributed by atoms with E-state index in [4.69, 9.17) is 14.2 Å². The van der Waals surface area contributed by atoms with Gasteiger partial charge in [-0.15, -0.1) is 11.3 Å². The van der Waals surface area contributed by atoms with E-state index in [2.05, 4.69) is 62.4 Å². The highest BCUT2D eigenvalue weighted by molar-refractivity contribution is 7.15. The van der Waals surface area contributed by atoms with Crippen molar-refractivity contribution in [2.75, 3.05) is 53.8 Å². The van der Waals surface area contributed by atoms with E-state index >= 15 is 0 Å². The summed E-state index contributed by atoms with van der Waals surface area (Å²) in [6.45, 7) is 5.13. The number of carbonyl (C=O) groups is 2. The van der Waals surface area contributed by atoms with Crippen LogP contribution in [0.4, 0.5) is 5.82 Å². The van der Waals surface area contributed by atoms with Crippen molar-refractivity contribution in [2.24, 2.45) is 0 Å². The van der Waals surface area contributed by atoms with E-state index < -0.39 is 0 Å². The second-order valence-corrected chi connectivity index (χ2v) is 10.6. The first-order chi connectivity index (χ1) is 20.7. The number of nitrogens with one attached hydrogen (secondary N) is 4. The molecular weight excluding hydrogens is 568 g/mol. The number of anilines is 1. The molecule has 0 saturated heterocycles. The summed E-state index contributed by atoms with van der Waals surface area (Å²) in [4.78, 5) is 33.3. The molecule has 1 unspecified atom stereocenters. The van der Waals surface area contributed by atoms with Crippen LogP contribution in [-0.2, 0) is 20.9 Å². The molecule has 12 heteroatoms. The second-order valence-electron chi connectivity index (χ2n) is 9.45. The minimum atomic E-state index is -0.283. The normalized spacial score (nSPS) is 11.2. The minimum absolute atomic E-state index is 0.0129. The molecular formula is C31H40N6O5S. The molecule has 0 aliphatic carbocycles. The first-order valence-electron chi connectivity index (χ1n) is 13.7. The van der Waals surface area contributed by atoms with Gasteiger partial charge in [-0.25, -0.2) is 9.97 Å². The number of likely N-dealkylation sites (N-methyl/N-ethyl adjacent to an activating group) is 2. The molecule has 4 N–H and O–H groups in total. The predicted molar refractivity (Wildman–Crippen MR) is 171 cm³/mol. The third-order valence-corrected chi connectivity index (χ3v) is 7.73. The average Bonchev–Trinajstić information content (AvgIpc) is 3.51. The molecule has 0 aliphatic rings. The van der Waals surface area contributed by atoms with Gasteiger partial charge in [-0.3, -0.25) is 9.59 Å². The molecule has 2 aromatic carbocycles. The number of methoxy groups -OCH3 is 3. The van der Waals surface area contributed by atoms with Crippen molar-refractivity contribution >= 4 is 39.9 Å². The number of hydrogen-bond donors (Lipinski definition) is 4. The summed E-state index contributed by atoms with van der Waals surface area (Å²) in [7, 11) is 7.96. The van der Waals surface area contributed by atoms with Crippen molar-refractivity contribution < 1.29 is 23.8 Å². The van der Waals surface area contributed by atoms with Crippen LogP contribution in [0.2, 0.25) is 0 Å². The fraction of sp³-hybridized carbons (Fsp3) is 0.355. The highest BCUT2D eigenvalue weighted by Crippen LogP contribution is 2.37. The second kappa shape index (κ2) is 16.4. The Morgan fingerprint density at radius 1 is 0.953 bits per heavy atom. The van der Waals surface area contributed by atoms with Crippen molar-refractivity contribution in [3.8, 4) is 21.9 Å². The molecule has 4 rings (SSSR count). The van der Waals surface area contributed by atoms with Gasteiger partial charge in [0.15, 0.2) is 11.5 Å². The van der Waals surface area contributed by atoms with Gasteiger partial charge in [0.2, 0.25) is 5.91 Å². The monoisotopic (exact) mass is 608 g/mol. The van der Waals surface area contributed by atoms with Gasteiger partial charge in [0.1, 0.15) is 11.6 Å². The van der Waals surface area contributed by atoms with Gasteiger partial charge in [0.05, 0.1) is 46.0 Å². The number of aryl methyl sites for hydroxylation is 1. The molecule has 11 nitrogen and oxygen atoms in total. The summed E-state index contributed by atoms with van der Waals surface area (Å²) >= 11 is 1.73. The van der Waals surface area contributed by atoms with Crippen molar-refractivity contribution in [3.05, 3.63) is 64.8 Å². The van der Waals surface area contributed by atoms with E-state index in [1.807, 2.05) is 31.2 Å². The Balaban J connectivity index is 0.000000646. The number of amides is 1. The van der Waals surface area contributed by atoms with Gasteiger partial charge in [-0.1, -0.05) is 24.3 Å². The number of thiophene rings is 1. The van der Waals surface area contributed by atoms with Crippen LogP contribution in [0.1, 0.15) is 29.2 Å². The molecule has 0 saturated carbocycles. The lowest BCUT2D eigenvalue weighted by Crippen LogP contribution is -2.28. The van der Waals surface area contributed by atoms with Crippen molar-refractivity contribution in [1.82, 2.24) is 25.9 Å². The van der Waals surface area contributed by atoms with Gasteiger partial charge in [0, 0.05) is 34.8 Å². The summed E-state index contributed by atoms with van der Waals surface area (Å²) in [5, 5.41) is 12.7. The lowest BCUT2D eigenvalue weighted by atomic mass is 10.1. The smallest absolute Gasteiger partial charge is 0.319 e. The molecule has 2 heterocycles. The summed E-state index contributed by atoms with van der Waals surface area (Å²) in [6, 6.07) is 16.2. The number of fused-ring (bicyclic) bond motifs is 1. The number of esters is 1. The molecule has 1 atom stereocenters. The third kappa shape index (κ3) is 9.11. The quantitative estimate of drug-likeness (QED) is 0.174. The average molecular weight is 609 g/mol. The van der Waals surface area contributed by atoms with Crippen LogP contribution in [0.25, 0.3) is 21.3 Å². The van der Waals surface area contributed by atoms with E-state index in [1.54, 1.807) is 39.7 Å². The lowest BCUT2D eigenvalue weighted by molar-refractivity contribution is -0.139. The molecule has 0 bridgehead atoms. The van der Waals surface area contributed by atoms with Crippen LogP contribution in [-0.4, -0.2) is 70.4 Å². The first kappa shape index (κ1) is 33.2. The topological polar surface area (TPSA) is 136 Å². The first-order valence-corrected chi connectivity index (χ1v) is 14.5. The fourth-order valence-electron chi connectivity index (χ4n) is 4.22. The molecule has 0 fully saturated rings. The standard InChI is InChI=1S/C27H30N4O4S.C4H10N2O/c1-16(29-27-20-12-22(33-3)23(34-4)13-21(20)30-17(2)31-27)24-10-11-25(36-24)19-9-7-6-8-18(19)14-28-15-26(32)35-5;1-5-3-4(7)6-2/h6-13,16,28H,14-15H2,1-5H3,(H,29,30,31);5H,3H2,1-2H3,(H,6,7). The Labute approximate surface area is 256 Å². The number of hydrogen-bond acceptors (Lipinski definition) is 11. The maximum Gasteiger partial charge on any atom is 0.319 e. The molecule has 230 valence electrons. The predicted octanol–water partition coefficient (Wildman–Crippen LogP) is 4.07. The van der Waals surface area contributed by atoms with Crippen LogP contribution in [0.5, 0.6) is 11.5 Å². The Morgan fingerprint density at radius 2 is 1.67 bits per heavy atom. The summed E-state index contributed by atoms with van der Waals surface area (Å²) < 4.78 is 15.6. The number of aromatic nitrogens is 2. The minimum Gasteiger partial charge on any atom is -0.493 e. The lowest BCUT2D eigenvalue weighted by Gasteiger charge is -2.16. The Kier molecular flexibility index (Phi) is 12.7. The molecule has 0 aliphatic heterocycles. The molecule has 0 radical (unpaired) electrons. The number of nitrogens with zero attached hydrogens (tertiary/aromatic N) is 2. The van der Waals surface area contributed by atoms with Crippen molar-refractivity contribution in [3.63, 3.8) is 0 Å². The van der Waals surface area contributed by atoms with Gasteiger partial charge in [-0.05, 0) is 50.2 Å². The Morgan fingerprint density at radius 3 is 2.33 bits per heavy atom. The Bertz CT molecular complexity index is 1530. The van der Waals surface area contributed by atoms with E-state index in [0.717, 1.165) is 32.7 Å². The highest BCUT2D eigenvalue weighted by Gasteiger charge is 2.17. The van der Waals surface area contributed by atoms with Crippen LogP contribution < -0.4 is 30.7 Å². The van der Waals surface area contributed by atoms with Crippen LogP contribution >= 0.6 is 11.3 Å². The summed E-state index contributed by atoms with van der Waals surface area (Å²) in [5.74, 6) is 2.41. The zero-order valence-electron chi connectivity index (χ0n) is 25.7. The molecule has 1 amide bonds. The van der Waals surface area contributed by atoms with Crippen LogP contribution in [0.15, 0.2) is 48.5 Å². The Hall–Kier alpha value is -4.26. The number of ether oxygens (including phenoxy) is 3. The summed E-state index contributed by atoms with van der Waals surface area (Å²) in [6.07, 6.45) is 0. The van der Waals surface area contributed by atoms with Gasteiger partial charge in [-0.2, -0.15) is 0 Å². The molecule has 2 aromatic heterocycles. The molecule has 4 aromatic rings. The SMILES string of the molecule is CNCC(=O)NC.COC(=O)CNCc1ccccc1-c1ccc(C(C)Nc2nc(C)nc3cc(OC)c(OC)cc23)s1. The zero-order valence-corrected chi connectivity index (χ0v) is 26.5. The maximum absolute atomic E-state index is 11.4.